The summed E-state index contributed by atoms with van der Waals surface area (Å²) in [5.74, 6) is -1.22. The van der Waals surface area contributed by atoms with Crippen molar-refractivity contribution in [2.45, 2.75) is 19.4 Å². The van der Waals surface area contributed by atoms with Crippen molar-refractivity contribution in [3.05, 3.63) is 35.1 Å². The lowest BCUT2D eigenvalue weighted by Gasteiger charge is -2.18. The molecular weight excluding hydrogens is 199 g/mol. The number of carbonyl (C=O) groups excluding carboxylic acids is 1. The predicted octanol–water partition coefficient (Wildman–Crippen LogP) is 1.84. The van der Waals surface area contributed by atoms with Crippen LogP contribution in [0, 0.1) is 5.82 Å². The van der Waals surface area contributed by atoms with Gasteiger partial charge in [0.1, 0.15) is 5.82 Å². The third kappa shape index (κ3) is 2.53. The molecule has 3 nitrogen and oxygen atoms in total. The molecule has 0 spiro atoms. The number of rotatable bonds is 2. The Morgan fingerprint density at radius 2 is 2.07 bits per heavy atom. The molecule has 0 aliphatic heterocycles. The molecule has 0 heterocycles. The molecule has 0 aliphatic rings. The molecule has 0 amide bonds. The van der Waals surface area contributed by atoms with Gasteiger partial charge < -0.3 is 9.84 Å². The van der Waals surface area contributed by atoms with Crippen LogP contribution in [0.3, 0.4) is 0 Å². The summed E-state index contributed by atoms with van der Waals surface area (Å²) in [4.78, 5) is 11.1. The minimum absolute atomic E-state index is 0.128. The van der Waals surface area contributed by atoms with E-state index in [-0.39, 0.29) is 11.1 Å². The summed E-state index contributed by atoms with van der Waals surface area (Å²) in [6, 6.07) is 3.85. The Morgan fingerprint density at radius 1 is 1.47 bits per heavy atom. The monoisotopic (exact) mass is 212 g/mol. The van der Waals surface area contributed by atoms with Crippen molar-refractivity contribution in [1.29, 1.82) is 0 Å². The minimum atomic E-state index is -1.27. The molecule has 0 saturated carbocycles. The van der Waals surface area contributed by atoms with E-state index >= 15 is 0 Å². The molecule has 4 heteroatoms. The smallest absolute Gasteiger partial charge is 0.337 e. The maximum absolute atomic E-state index is 13.5. The van der Waals surface area contributed by atoms with E-state index in [1.165, 1.54) is 33.1 Å². The third-order valence-corrected chi connectivity index (χ3v) is 2.05. The second kappa shape index (κ2) is 3.98. The zero-order chi connectivity index (χ0) is 11.6. The van der Waals surface area contributed by atoms with Crippen LogP contribution >= 0.6 is 0 Å². The maximum atomic E-state index is 13.5. The molecule has 1 aromatic rings. The van der Waals surface area contributed by atoms with E-state index in [2.05, 4.69) is 4.74 Å². The Labute approximate surface area is 87.5 Å². The van der Waals surface area contributed by atoms with Gasteiger partial charge in [0.15, 0.2) is 0 Å². The van der Waals surface area contributed by atoms with Crippen molar-refractivity contribution in [2.24, 2.45) is 0 Å². The topological polar surface area (TPSA) is 46.5 Å². The molecule has 0 saturated heterocycles. The van der Waals surface area contributed by atoms with Crippen molar-refractivity contribution >= 4 is 5.97 Å². The van der Waals surface area contributed by atoms with Crippen molar-refractivity contribution in [3.8, 4) is 0 Å². The molecule has 0 aliphatic carbocycles. The first kappa shape index (κ1) is 11.7. The molecule has 0 bridgehead atoms. The van der Waals surface area contributed by atoms with Crippen LogP contribution in [0.25, 0.3) is 0 Å². The summed E-state index contributed by atoms with van der Waals surface area (Å²) in [6.07, 6.45) is 0. The summed E-state index contributed by atoms with van der Waals surface area (Å²) < 4.78 is 17.9. The highest BCUT2D eigenvalue weighted by Gasteiger charge is 2.21. The summed E-state index contributed by atoms with van der Waals surface area (Å²) in [5, 5.41) is 9.60. The van der Waals surface area contributed by atoms with Crippen LogP contribution in [0.2, 0.25) is 0 Å². The highest BCUT2D eigenvalue weighted by Crippen LogP contribution is 2.23. The second-order valence-corrected chi connectivity index (χ2v) is 3.75. The van der Waals surface area contributed by atoms with Crippen LogP contribution in [-0.4, -0.2) is 18.2 Å². The van der Waals surface area contributed by atoms with Gasteiger partial charge in [0.2, 0.25) is 0 Å². The summed E-state index contributed by atoms with van der Waals surface area (Å²) >= 11 is 0. The number of esters is 1. The lowest BCUT2D eigenvalue weighted by molar-refractivity contribution is 0.0596. The summed E-state index contributed by atoms with van der Waals surface area (Å²) in [6.45, 7) is 2.95. The molecule has 0 atom stereocenters. The number of methoxy groups -OCH3 is 1. The number of aliphatic hydroxyl groups is 1. The molecule has 0 fully saturated rings. The predicted molar refractivity (Wildman–Crippen MR) is 53.0 cm³/mol. The first-order valence-corrected chi connectivity index (χ1v) is 4.47. The van der Waals surface area contributed by atoms with Gasteiger partial charge in [0.25, 0.3) is 0 Å². The van der Waals surface area contributed by atoms with Crippen molar-refractivity contribution < 1.29 is 19.0 Å². The first-order chi connectivity index (χ1) is 6.86. The Bertz CT molecular complexity index is 380. The van der Waals surface area contributed by atoms with Crippen LogP contribution in [0.15, 0.2) is 18.2 Å². The van der Waals surface area contributed by atoms with Gasteiger partial charge >= 0.3 is 5.97 Å². The van der Waals surface area contributed by atoms with Gasteiger partial charge in [-0.25, -0.2) is 9.18 Å². The largest absolute Gasteiger partial charge is 0.465 e. The van der Waals surface area contributed by atoms with Gasteiger partial charge in [0.05, 0.1) is 18.3 Å². The molecule has 1 N–H and O–H groups in total. The van der Waals surface area contributed by atoms with Crippen LogP contribution in [0.1, 0.15) is 29.8 Å². The molecule has 0 unspecified atom stereocenters. The molecule has 1 rings (SSSR count). The fourth-order valence-corrected chi connectivity index (χ4v) is 1.26. The number of hydrogen-bond acceptors (Lipinski definition) is 3. The van der Waals surface area contributed by atoms with Crippen LogP contribution < -0.4 is 0 Å². The normalized spacial score (nSPS) is 11.3. The summed E-state index contributed by atoms with van der Waals surface area (Å²) in [7, 11) is 1.23. The number of hydrogen-bond donors (Lipinski definition) is 1. The highest BCUT2D eigenvalue weighted by molar-refractivity contribution is 5.89. The van der Waals surface area contributed by atoms with E-state index in [1.54, 1.807) is 0 Å². The standard InChI is InChI=1S/C11H13FO3/c1-11(2,14)8-5-4-7(6-9(8)12)10(13)15-3/h4-6,14H,1-3H3. The van der Waals surface area contributed by atoms with Crippen LogP contribution in [0.4, 0.5) is 4.39 Å². The second-order valence-electron chi connectivity index (χ2n) is 3.75. The van der Waals surface area contributed by atoms with Crippen molar-refractivity contribution in [2.75, 3.05) is 7.11 Å². The average Bonchev–Trinajstić information content (AvgIpc) is 2.14. The van der Waals surface area contributed by atoms with Crippen LogP contribution in [0.5, 0.6) is 0 Å². The Balaban J connectivity index is 3.15. The average molecular weight is 212 g/mol. The van der Waals surface area contributed by atoms with E-state index in [1.807, 2.05) is 0 Å². The van der Waals surface area contributed by atoms with E-state index in [9.17, 15) is 14.3 Å². The Kier molecular flexibility index (Phi) is 3.09. The van der Waals surface area contributed by atoms with E-state index in [4.69, 9.17) is 0 Å². The first-order valence-electron chi connectivity index (χ1n) is 4.47. The van der Waals surface area contributed by atoms with Crippen LogP contribution in [-0.2, 0) is 10.3 Å². The quantitative estimate of drug-likeness (QED) is 0.761. The van der Waals surface area contributed by atoms with Gasteiger partial charge in [-0.15, -0.1) is 0 Å². The third-order valence-electron chi connectivity index (χ3n) is 2.05. The van der Waals surface area contributed by atoms with Gasteiger partial charge in [0, 0.05) is 5.56 Å². The van der Waals surface area contributed by atoms with Gasteiger partial charge in [-0.05, 0) is 26.0 Å². The Morgan fingerprint density at radius 3 is 2.47 bits per heavy atom. The maximum Gasteiger partial charge on any atom is 0.337 e. The molecular formula is C11H13FO3. The summed E-state index contributed by atoms with van der Waals surface area (Å²) in [5.41, 5.74) is -0.989. The fourth-order valence-electron chi connectivity index (χ4n) is 1.26. The van der Waals surface area contributed by atoms with Gasteiger partial charge in [-0.1, -0.05) is 6.07 Å². The van der Waals surface area contributed by atoms with Gasteiger partial charge in [-0.2, -0.15) is 0 Å². The highest BCUT2D eigenvalue weighted by atomic mass is 19.1. The van der Waals surface area contributed by atoms with Gasteiger partial charge in [-0.3, -0.25) is 0 Å². The van der Waals surface area contributed by atoms with E-state index in [0.29, 0.717) is 0 Å². The molecule has 82 valence electrons. The zero-order valence-electron chi connectivity index (χ0n) is 8.87. The number of benzene rings is 1. The lowest BCUT2D eigenvalue weighted by Crippen LogP contribution is -2.18. The molecule has 0 aromatic heterocycles. The number of halogens is 1. The van der Waals surface area contributed by atoms with E-state index < -0.39 is 17.4 Å². The fraction of sp³-hybridized carbons (Fsp3) is 0.364. The van der Waals surface area contributed by atoms with Crippen molar-refractivity contribution in [1.82, 2.24) is 0 Å². The Hall–Kier alpha value is -1.42. The van der Waals surface area contributed by atoms with Crippen molar-refractivity contribution in [3.63, 3.8) is 0 Å². The lowest BCUT2D eigenvalue weighted by atomic mass is 9.96. The van der Waals surface area contributed by atoms with E-state index in [0.717, 1.165) is 6.07 Å². The molecule has 0 radical (unpaired) electrons. The minimum Gasteiger partial charge on any atom is -0.465 e. The molecule has 1 aromatic carbocycles. The molecule has 15 heavy (non-hydrogen) atoms. The SMILES string of the molecule is COC(=O)c1ccc(C(C)(C)O)c(F)c1. The zero-order valence-corrected chi connectivity index (χ0v) is 8.87. The number of ether oxygens (including phenoxy) is 1. The number of carbonyl (C=O) groups is 1.